The number of hydrogen-bond acceptors (Lipinski definition) is 5. The molecule has 86 valence electrons. The summed E-state index contributed by atoms with van der Waals surface area (Å²) in [7, 11) is 0. The lowest BCUT2D eigenvalue weighted by Gasteiger charge is -2.20. The zero-order chi connectivity index (χ0) is 10.7. The highest BCUT2D eigenvalue weighted by Crippen LogP contribution is 2.34. The molecule has 0 atom stereocenters. The number of rotatable bonds is 7. The summed E-state index contributed by atoms with van der Waals surface area (Å²) in [6.45, 7) is 1.97. The van der Waals surface area contributed by atoms with Crippen molar-refractivity contribution in [2.75, 3.05) is 13.1 Å². The first-order chi connectivity index (χ1) is 7.29. The molecule has 5 heteroatoms. The zero-order valence-electron chi connectivity index (χ0n) is 8.95. The summed E-state index contributed by atoms with van der Waals surface area (Å²) >= 11 is 0. The van der Waals surface area contributed by atoms with E-state index in [1.165, 1.54) is 25.7 Å². The number of nitrogens with two attached hydrogens (primary N) is 1. The van der Waals surface area contributed by atoms with Crippen molar-refractivity contribution in [3.8, 4) is 0 Å². The van der Waals surface area contributed by atoms with Crippen LogP contribution in [0, 0.1) is 5.92 Å². The van der Waals surface area contributed by atoms with E-state index in [4.69, 9.17) is 5.84 Å². The normalized spacial score (nSPS) is 20.7. The van der Waals surface area contributed by atoms with Crippen molar-refractivity contribution < 1.29 is 9.63 Å². The number of nitrogens with zero attached hydrogens (tertiary/aromatic N) is 1. The number of carbonyl (C=O) groups is 1. The van der Waals surface area contributed by atoms with Crippen LogP contribution in [0.1, 0.15) is 32.1 Å². The molecule has 0 unspecified atom stereocenters. The van der Waals surface area contributed by atoms with Gasteiger partial charge in [-0.05, 0) is 31.6 Å². The van der Waals surface area contributed by atoms with Gasteiger partial charge in [0, 0.05) is 19.1 Å². The Bertz CT molecular complexity index is 227. The lowest BCUT2D eigenvalue weighted by molar-refractivity contribution is -0.151. The molecule has 0 aromatic rings. The highest BCUT2D eigenvalue weighted by atomic mass is 16.7. The maximum Gasteiger partial charge on any atom is 0.327 e. The lowest BCUT2D eigenvalue weighted by atomic mass is 10.3. The van der Waals surface area contributed by atoms with Gasteiger partial charge in [-0.25, -0.2) is 5.84 Å². The molecular weight excluding hydrogens is 194 g/mol. The molecule has 2 aliphatic carbocycles. The number of hydrazine groups is 1. The van der Waals surface area contributed by atoms with Gasteiger partial charge in [0.2, 0.25) is 0 Å². The van der Waals surface area contributed by atoms with Crippen LogP contribution in [-0.4, -0.2) is 30.0 Å². The third-order valence-electron chi connectivity index (χ3n) is 3.03. The minimum Gasteiger partial charge on any atom is -0.356 e. The van der Waals surface area contributed by atoms with Crippen LogP contribution < -0.4 is 11.4 Å². The molecule has 0 amide bonds. The van der Waals surface area contributed by atoms with E-state index in [2.05, 4.69) is 9.74 Å². The second-order valence-electron chi connectivity index (χ2n) is 4.51. The minimum atomic E-state index is -0.279. The molecular formula is C10H19N3O2. The van der Waals surface area contributed by atoms with Gasteiger partial charge in [0.25, 0.3) is 0 Å². The predicted octanol–water partition coefficient (Wildman–Crippen LogP) is 0.172. The number of hydrogen-bond donors (Lipinski definition) is 2. The second kappa shape index (κ2) is 4.92. The summed E-state index contributed by atoms with van der Waals surface area (Å²) in [6, 6.07) is 0.726. The van der Waals surface area contributed by atoms with Crippen molar-refractivity contribution in [2.45, 2.75) is 38.1 Å². The highest BCUT2D eigenvalue weighted by Gasteiger charge is 2.33. The quantitative estimate of drug-likeness (QED) is 0.466. The SMILES string of the molecule is NNOC(=O)CCN(CC1CC1)C1CC1. The highest BCUT2D eigenvalue weighted by molar-refractivity contribution is 5.69. The fourth-order valence-corrected chi connectivity index (χ4v) is 1.85. The van der Waals surface area contributed by atoms with Crippen LogP contribution in [0.25, 0.3) is 0 Å². The van der Waals surface area contributed by atoms with E-state index in [1.807, 2.05) is 5.59 Å². The smallest absolute Gasteiger partial charge is 0.327 e. The molecule has 0 bridgehead atoms. The summed E-state index contributed by atoms with van der Waals surface area (Å²) in [6.07, 6.45) is 5.72. The first-order valence-electron chi connectivity index (χ1n) is 5.69. The van der Waals surface area contributed by atoms with Gasteiger partial charge in [-0.3, -0.25) is 9.69 Å². The molecule has 0 aromatic carbocycles. The van der Waals surface area contributed by atoms with Gasteiger partial charge in [0.15, 0.2) is 0 Å². The van der Waals surface area contributed by atoms with E-state index in [1.54, 1.807) is 0 Å². The van der Waals surface area contributed by atoms with Crippen LogP contribution in [0.5, 0.6) is 0 Å². The van der Waals surface area contributed by atoms with Gasteiger partial charge >= 0.3 is 5.97 Å². The van der Waals surface area contributed by atoms with Crippen molar-refractivity contribution >= 4 is 5.97 Å². The first kappa shape index (κ1) is 10.9. The fourth-order valence-electron chi connectivity index (χ4n) is 1.85. The van der Waals surface area contributed by atoms with E-state index >= 15 is 0 Å². The Balaban J connectivity index is 1.66. The van der Waals surface area contributed by atoms with Crippen molar-refractivity contribution in [3.05, 3.63) is 0 Å². The first-order valence-corrected chi connectivity index (χ1v) is 5.69. The fraction of sp³-hybridized carbons (Fsp3) is 0.900. The van der Waals surface area contributed by atoms with E-state index in [-0.39, 0.29) is 5.97 Å². The van der Waals surface area contributed by atoms with Crippen LogP contribution in [0.15, 0.2) is 0 Å². The third kappa shape index (κ3) is 3.77. The van der Waals surface area contributed by atoms with Crippen LogP contribution in [0.3, 0.4) is 0 Å². The monoisotopic (exact) mass is 213 g/mol. The maximum absolute atomic E-state index is 11.1. The van der Waals surface area contributed by atoms with Gasteiger partial charge in [0.05, 0.1) is 6.42 Å². The van der Waals surface area contributed by atoms with Crippen LogP contribution >= 0.6 is 0 Å². The van der Waals surface area contributed by atoms with Gasteiger partial charge < -0.3 is 4.84 Å². The van der Waals surface area contributed by atoms with Gasteiger partial charge in [-0.1, -0.05) is 5.59 Å². The molecule has 2 fully saturated rings. The van der Waals surface area contributed by atoms with Crippen molar-refractivity contribution in [3.63, 3.8) is 0 Å². The second-order valence-corrected chi connectivity index (χ2v) is 4.51. The molecule has 0 saturated heterocycles. The number of carbonyl (C=O) groups excluding carboxylic acids is 1. The van der Waals surface area contributed by atoms with Gasteiger partial charge in [-0.15, -0.1) is 0 Å². The van der Waals surface area contributed by atoms with Crippen LogP contribution in [-0.2, 0) is 9.63 Å². The average molecular weight is 213 g/mol. The molecule has 0 heterocycles. The maximum atomic E-state index is 11.1. The van der Waals surface area contributed by atoms with Crippen molar-refractivity contribution in [2.24, 2.45) is 11.8 Å². The predicted molar refractivity (Wildman–Crippen MR) is 55.4 cm³/mol. The Morgan fingerprint density at radius 3 is 2.67 bits per heavy atom. The molecule has 2 aliphatic rings. The molecule has 0 aliphatic heterocycles. The van der Waals surface area contributed by atoms with Crippen LogP contribution in [0.4, 0.5) is 0 Å². The molecule has 2 rings (SSSR count). The minimum absolute atomic E-state index is 0.279. The summed E-state index contributed by atoms with van der Waals surface area (Å²) in [5.41, 5.74) is 1.92. The van der Waals surface area contributed by atoms with Crippen molar-refractivity contribution in [1.29, 1.82) is 0 Å². The Kier molecular flexibility index (Phi) is 3.56. The third-order valence-corrected chi connectivity index (χ3v) is 3.03. The molecule has 0 radical (unpaired) electrons. The summed E-state index contributed by atoms with van der Waals surface area (Å²) < 4.78 is 0. The summed E-state index contributed by atoms with van der Waals surface area (Å²) in [5, 5.41) is 0. The summed E-state index contributed by atoms with van der Waals surface area (Å²) in [5.74, 6) is 5.50. The average Bonchev–Trinajstić information content (AvgIpc) is 3.02. The largest absolute Gasteiger partial charge is 0.356 e. The Morgan fingerprint density at radius 2 is 2.13 bits per heavy atom. The molecule has 0 aromatic heterocycles. The zero-order valence-corrected chi connectivity index (χ0v) is 8.95. The van der Waals surface area contributed by atoms with E-state index in [9.17, 15) is 4.79 Å². The Morgan fingerprint density at radius 1 is 1.40 bits per heavy atom. The molecule has 15 heavy (non-hydrogen) atoms. The molecule has 0 spiro atoms. The Hall–Kier alpha value is -0.650. The van der Waals surface area contributed by atoms with Gasteiger partial charge in [-0.2, -0.15) is 0 Å². The topological polar surface area (TPSA) is 67.6 Å². The Labute approximate surface area is 89.9 Å². The molecule has 2 saturated carbocycles. The lowest BCUT2D eigenvalue weighted by Crippen LogP contribution is -2.33. The molecule has 3 N–H and O–H groups in total. The van der Waals surface area contributed by atoms with E-state index in [0.29, 0.717) is 6.42 Å². The van der Waals surface area contributed by atoms with E-state index < -0.39 is 0 Å². The van der Waals surface area contributed by atoms with Crippen LogP contribution in [0.2, 0.25) is 0 Å². The molecule has 5 nitrogen and oxygen atoms in total. The van der Waals surface area contributed by atoms with E-state index in [0.717, 1.165) is 25.0 Å². The standard InChI is InChI=1S/C10H19N3O2/c11-12-15-10(14)5-6-13(9-3-4-9)7-8-1-2-8/h8-9,12H,1-7,11H2. The van der Waals surface area contributed by atoms with Gasteiger partial charge in [0.1, 0.15) is 0 Å². The van der Waals surface area contributed by atoms with Crippen molar-refractivity contribution in [1.82, 2.24) is 10.5 Å². The number of nitrogens with one attached hydrogen (secondary N) is 1. The summed E-state index contributed by atoms with van der Waals surface area (Å²) in [4.78, 5) is 18.0.